The standard InChI is InChI=1S/C17H24N2O3S/c1-2-7-19-11-17(18-23(19,21)22)14-4-5-15(17)9-13-10-16(20)6-3-12(13)8-14/h3,6,10,14-15,18,20H,2,4-5,7-9,11H2,1H3/t14?,15-,17+/m0/s1. The smallest absolute Gasteiger partial charge is 0.280 e. The summed E-state index contributed by atoms with van der Waals surface area (Å²) in [5.41, 5.74) is 2.12. The summed E-state index contributed by atoms with van der Waals surface area (Å²) >= 11 is 0. The highest BCUT2D eigenvalue weighted by Crippen LogP contribution is 2.50. The fourth-order valence-electron chi connectivity index (χ4n) is 4.94. The number of hydrogen-bond acceptors (Lipinski definition) is 3. The molecular formula is C17H24N2O3S. The molecule has 5 nitrogen and oxygen atoms in total. The number of nitrogens with one attached hydrogen (secondary N) is 1. The summed E-state index contributed by atoms with van der Waals surface area (Å²) in [5, 5.41) is 9.78. The van der Waals surface area contributed by atoms with E-state index in [1.807, 2.05) is 19.1 Å². The highest BCUT2D eigenvalue weighted by atomic mass is 32.2. The summed E-state index contributed by atoms with van der Waals surface area (Å²) in [7, 11) is -3.36. The lowest BCUT2D eigenvalue weighted by Gasteiger charge is -2.33. The van der Waals surface area contributed by atoms with Crippen LogP contribution in [0.2, 0.25) is 0 Å². The van der Waals surface area contributed by atoms with E-state index in [9.17, 15) is 13.5 Å². The van der Waals surface area contributed by atoms with Gasteiger partial charge < -0.3 is 5.11 Å². The minimum atomic E-state index is -3.36. The molecule has 1 heterocycles. The van der Waals surface area contributed by atoms with Gasteiger partial charge in [0.05, 0.1) is 5.54 Å². The molecule has 3 atom stereocenters. The third kappa shape index (κ3) is 2.30. The largest absolute Gasteiger partial charge is 0.508 e. The van der Waals surface area contributed by atoms with Crippen LogP contribution < -0.4 is 4.72 Å². The van der Waals surface area contributed by atoms with Crippen LogP contribution >= 0.6 is 0 Å². The van der Waals surface area contributed by atoms with Gasteiger partial charge in [0, 0.05) is 13.1 Å². The van der Waals surface area contributed by atoms with Crippen molar-refractivity contribution in [3.8, 4) is 5.75 Å². The van der Waals surface area contributed by atoms with E-state index in [0.717, 1.165) is 32.1 Å². The normalized spacial score (nSPS) is 35.3. The molecule has 1 saturated heterocycles. The Morgan fingerprint density at radius 3 is 2.65 bits per heavy atom. The zero-order valence-corrected chi connectivity index (χ0v) is 14.3. The van der Waals surface area contributed by atoms with Gasteiger partial charge in [-0.2, -0.15) is 17.4 Å². The van der Waals surface area contributed by atoms with Crippen LogP contribution in [0, 0.1) is 11.8 Å². The van der Waals surface area contributed by atoms with Crippen LogP contribution in [0.3, 0.4) is 0 Å². The number of fused-ring (bicyclic) bond motifs is 1. The molecule has 2 bridgehead atoms. The second kappa shape index (κ2) is 5.19. The minimum Gasteiger partial charge on any atom is -0.508 e. The fourth-order valence-corrected chi connectivity index (χ4v) is 6.75. The van der Waals surface area contributed by atoms with E-state index in [0.29, 0.717) is 30.7 Å². The Hall–Kier alpha value is -1.11. The minimum absolute atomic E-state index is 0.301. The number of phenols is 1. The van der Waals surface area contributed by atoms with Crippen LogP contribution in [0.5, 0.6) is 5.75 Å². The van der Waals surface area contributed by atoms with Crippen LogP contribution in [0.25, 0.3) is 0 Å². The summed E-state index contributed by atoms with van der Waals surface area (Å²) in [5.74, 6) is 0.956. The Bertz CT molecular complexity index is 733. The summed E-state index contributed by atoms with van der Waals surface area (Å²) < 4.78 is 29.8. The molecule has 4 rings (SSSR count). The lowest BCUT2D eigenvalue weighted by Crippen LogP contribution is -2.52. The van der Waals surface area contributed by atoms with E-state index in [-0.39, 0.29) is 5.54 Å². The van der Waals surface area contributed by atoms with E-state index in [4.69, 9.17) is 0 Å². The highest BCUT2D eigenvalue weighted by molar-refractivity contribution is 7.87. The average molecular weight is 336 g/mol. The first-order valence-corrected chi connectivity index (χ1v) is 9.98. The molecule has 1 aliphatic heterocycles. The van der Waals surface area contributed by atoms with Crippen molar-refractivity contribution in [3.05, 3.63) is 29.3 Å². The molecule has 2 aliphatic carbocycles. The molecular weight excluding hydrogens is 312 g/mol. The van der Waals surface area contributed by atoms with Crippen molar-refractivity contribution in [2.45, 2.75) is 44.6 Å². The first kappa shape index (κ1) is 15.4. The maximum absolute atomic E-state index is 12.6. The zero-order valence-electron chi connectivity index (χ0n) is 13.5. The number of hydrogen-bond donors (Lipinski definition) is 2. The Balaban J connectivity index is 1.73. The molecule has 3 aliphatic rings. The van der Waals surface area contributed by atoms with Crippen molar-refractivity contribution < 1.29 is 13.5 Å². The second-order valence-electron chi connectivity index (χ2n) is 7.31. The van der Waals surface area contributed by atoms with Gasteiger partial charge in [-0.3, -0.25) is 0 Å². The van der Waals surface area contributed by atoms with E-state index in [1.54, 1.807) is 10.4 Å². The van der Waals surface area contributed by atoms with Gasteiger partial charge in [-0.1, -0.05) is 13.0 Å². The Kier molecular flexibility index (Phi) is 3.48. The van der Waals surface area contributed by atoms with E-state index in [1.165, 1.54) is 11.1 Å². The molecule has 1 saturated carbocycles. The number of rotatable bonds is 2. The topological polar surface area (TPSA) is 69.6 Å². The maximum Gasteiger partial charge on any atom is 0.280 e. The third-order valence-electron chi connectivity index (χ3n) is 6.01. The first-order chi connectivity index (χ1) is 10.9. The lowest BCUT2D eigenvalue weighted by atomic mass is 9.79. The van der Waals surface area contributed by atoms with Crippen molar-refractivity contribution in [1.82, 2.24) is 9.03 Å². The van der Waals surface area contributed by atoms with Gasteiger partial charge in [0.25, 0.3) is 10.2 Å². The quantitative estimate of drug-likeness (QED) is 0.865. The predicted molar refractivity (Wildman–Crippen MR) is 88.4 cm³/mol. The molecule has 2 fully saturated rings. The van der Waals surface area contributed by atoms with Gasteiger partial charge in [0.2, 0.25) is 0 Å². The van der Waals surface area contributed by atoms with Crippen molar-refractivity contribution >= 4 is 10.2 Å². The van der Waals surface area contributed by atoms with E-state index < -0.39 is 10.2 Å². The summed E-state index contributed by atoms with van der Waals surface area (Å²) in [6.45, 7) is 3.20. The highest BCUT2D eigenvalue weighted by Gasteiger charge is 2.59. The summed E-state index contributed by atoms with van der Waals surface area (Å²) in [6.07, 6.45) is 4.72. The van der Waals surface area contributed by atoms with Gasteiger partial charge >= 0.3 is 0 Å². The van der Waals surface area contributed by atoms with Gasteiger partial charge in [-0.25, -0.2) is 0 Å². The van der Waals surface area contributed by atoms with Crippen molar-refractivity contribution in [2.24, 2.45) is 11.8 Å². The lowest BCUT2D eigenvalue weighted by molar-refractivity contribution is 0.213. The number of nitrogens with zero attached hydrogens (tertiary/aromatic N) is 1. The van der Waals surface area contributed by atoms with E-state index in [2.05, 4.69) is 4.72 Å². The van der Waals surface area contributed by atoms with Crippen molar-refractivity contribution in [1.29, 1.82) is 0 Å². The fraction of sp³-hybridized carbons (Fsp3) is 0.647. The molecule has 126 valence electrons. The average Bonchev–Trinajstić information content (AvgIpc) is 2.86. The summed E-state index contributed by atoms with van der Waals surface area (Å²) in [4.78, 5) is 0. The molecule has 0 amide bonds. The molecule has 2 N–H and O–H groups in total. The van der Waals surface area contributed by atoms with Crippen LogP contribution in [0.4, 0.5) is 0 Å². The molecule has 0 radical (unpaired) electrons. The first-order valence-electron chi connectivity index (χ1n) is 8.54. The number of aromatic hydroxyl groups is 1. The number of benzene rings is 1. The van der Waals surface area contributed by atoms with Gasteiger partial charge in [-0.15, -0.1) is 0 Å². The van der Waals surface area contributed by atoms with Crippen LogP contribution in [-0.2, 0) is 23.1 Å². The van der Waals surface area contributed by atoms with Crippen molar-refractivity contribution in [3.63, 3.8) is 0 Å². The molecule has 6 heteroatoms. The Morgan fingerprint density at radius 1 is 1.26 bits per heavy atom. The Morgan fingerprint density at radius 2 is 1.96 bits per heavy atom. The Labute approximate surface area is 137 Å². The van der Waals surface area contributed by atoms with Crippen LogP contribution in [0.15, 0.2) is 18.2 Å². The molecule has 23 heavy (non-hydrogen) atoms. The van der Waals surface area contributed by atoms with Gasteiger partial charge in [0.15, 0.2) is 0 Å². The SMILES string of the molecule is CCCN1C[C@@]2(NS1(=O)=O)C1CC[C@H]2Cc2cc(O)ccc2C1. The van der Waals surface area contributed by atoms with Crippen LogP contribution in [0.1, 0.15) is 37.3 Å². The van der Waals surface area contributed by atoms with Crippen molar-refractivity contribution in [2.75, 3.05) is 13.1 Å². The van der Waals surface area contributed by atoms with E-state index >= 15 is 0 Å². The molecule has 1 spiro atoms. The third-order valence-corrected chi connectivity index (χ3v) is 7.64. The monoisotopic (exact) mass is 336 g/mol. The predicted octanol–water partition coefficient (Wildman–Crippen LogP) is 1.82. The van der Waals surface area contributed by atoms with Crippen LogP contribution in [-0.4, -0.2) is 36.5 Å². The zero-order chi connectivity index (χ0) is 16.2. The summed E-state index contributed by atoms with van der Waals surface area (Å²) in [6, 6.07) is 5.61. The second-order valence-corrected chi connectivity index (χ2v) is 8.98. The van der Waals surface area contributed by atoms with Gasteiger partial charge in [-0.05, 0) is 67.2 Å². The number of phenolic OH excluding ortho intramolecular Hbond substituents is 1. The molecule has 1 aromatic rings. The molecule has 1 unspecified atom stereocenters. The van der Waals surface area contributed by atoms with Gasteiger partial charge in [0.1, 0.15) is 5.75 Å². The molecule has 1 aromatic carbocycles. The maximum atomic E-state index is 12.6. The molecule has 0 aromatic heterocycles.